The fourth-order valence-electron chi connectivity index (χ4n) is 3.27. The van der Waals surface area contributed by atoms with Crippen LogP contribution in [0.2, 0.25) is 0 Å². The van der Waals surface area contributed by atoms with E-state index in [0.29, 0.717) is 19.5 Å². The van der Waals surface area contributed by atoms with Gasteiger partial charge in [-0.2, -0.15) is 0 Å². The molecular formula is C15H21N5O3. The average molecular weight is 319 g/mol. The number of rotatable bonds is 3. The number of nitrogens with zero attached hydrogens (tertiary/aromatic N) is 4. The largest absolute Gasteiger partial charge is 0.387 e. The Balaban J connectivity index is 1.79. The number of likely N-dealkylation sites (tertiary alicyclic amines) is 1. The number of nitrogens with one attached hydrogen (secondary N) is 1. The lowest BCUT2D eigenvalue weighted by Crippen LogP contribution is -2.54. The maximum atomic E-state index is 12.0. The first-order valence-electron chi connectivity index (χ1n) is 7.58. The Hall–Kier alpha value is -2.19. The Labute approximate surface area is 133 Å². The molecule has 0 radical (unpaired) electrons. The van der Waals surface area contributed by atoms with E-state index in [4.69, 9.17) is 0 Å². The van der Waals surface area contributed by atoms with Crippen molar-refractivity contribution in [2.75, 3.05) is 13.1 Å². The molecule has 23 heavy (non-hydrogen) atoms. The van der Waals surface area contributed by atoms with Crippen molar-refractivity contribution in [3.63, 3.8) is 0 Å². The van der Waals surface area contributed by atoms with Crippen LogP contribution in [0.1, 0.15) is 25.1 Å². The third kappa shape index (κ3) is 3.13. The Bertz CT molecular complexity index is 804. The normalized spacial score (nSPS) is 25.6. The van der Waals surface area contributed by atoms with Crippen molar-refractivity contribution in [1.82, 2.24) is 24.0 Å². The second kappa shape index (κ2) is 5.78. The van der Waals surface area contributed by atoms with Crippen LogP contribution in [0, 0.1) is 0 Å². The summed E-state index contributed by atoms with van der Waals surface area (Å²) >= 11 is 0. The lowest BCUT2D eigenvalue weighted by Gasteiger charge is -2.43. The molecule has 1 aliphatic rings. The zero-order valence-electron chi connectivity index (χ0n) is 13.3. The van der Waals surface area contributed by atoms with Crippen molar-refractivity contribution in [2.45, 2.75) is 31.5 Å². The highest BCUT2D eigenvalue weighted by molar-refractivity contribution is 5.02. The van der Waals surface area contributed by atoms with Gasteiger partial charge in [0, 0.05) is 45.1 Å². The van der Waals surface area contributed by atoms with Crippen LogP contribution in [0.5, 0.6) is 0 Å². The van der Waals surface area contributed by atoms with Crippen molar-refractivity contribution in [3.05, 3.63) is 51.3 Å². The highest BCUT2D eigenvalue weighted by Gasteiger charge is 2.39. The van der Waals surface area contributed by atoms with Gasteiger partial charge in [0.1, 0.15) is 0 Å². The van der Waals surface area contributed by atoms with E-state index in [1.54, 1.807) is 13.3 Å². The molecule has 1 fully saturated rings. The van der Waals surface area contributed by atoms with E-state index in [9.17, 15) is 14.7 Å². The number of hydrogen-bond donors (Lipinski definition) is 2. The lowest BCUT2D eigenvalue weighted by atomic mass is 9.88. The summed E-state index contributed by atoms with van der Waals surface area (Å²) < 4.78 is 3.37. The van der Waals surface area contributed by atoms with Crippen LogP contribution in [0.4, 0.5) is 0 Å². The number of hydrogen-bond acceptors (Lipinski definition) is 5. The summed E-state index contributed by atoms with van der Waals surface area (Å²) in [6.07, 6.45) is 5.64. The summed E-state index contributed by atoms with van der Waals surface area (Å²) in [5, 5.41) is 10.8. The number of piperidine rings is 1. The van der Waals surface area contributed by atoms with Crippen LogP contribution < -0.4 is 11.2 Å². The van der Waals surface area contributed by atoms with Crippen LogP contribution in [-0.4, -0.2) is 47.8 Å². The Morgan fingerprint density at radius 1 is 1.48 bits per heavy atom. The summed E-state index contributed by atoms with van der Waals surface area (Å²) in [6, 6.07) is 0.939. The van der Waals surface area contributed by atoms with Gasteiger partial charge < -0.3 is 9.67 Å². The van der Waals surface area contributed by atoms with Gasteiger partial charge in [-0.25, -0.2) is 9.78 Å². The molecular weight excluding hydrogens is 298 g/mol. The first-order chi connectivity index (χ1) is 10.9. The second-order valence-corrected chi connectivity index (χ2v) is 6.39. The summed E-state index contributed by atoms with van der Waals surface area (Å²) in [5.41, 5.74) is -0.915. The molecule has 1 aliphatic heterocycles. The molecule has 0 amide bonds. The topological polar surface area (TPSA) is 96.2 Å². The fourth-order valence-corrected chi connectivity index (χ4v) is 3.27. The van der Waals surface area contributed by atoms with Gasteiger partial charge in [0.2, 0.25) is 0 Å². The number of aromatic nitrogens is 4. The van der Waals surface area contributed by atoms with Gasteiger partial charge >= 0.3 is 5.69 Å². The Morgan fingerprint density at radius 3 is 2.87 bits per heavy atom. The SMILES string of the molecule is Cn1cncc1CN1CC[C@@H](n2ccc(=O)[nH]c2=O)[C@](C)(O)C1. The molecule has 0 saturated carbocycles. The van der Waals surface area contributed by atoms with Crippen LogP contribution >= 0.6 is 0 Å². The second-order valence-electron chi connectivity index (χ2n) is 6.39. The molecule has 124 valence electrons. The number of H-pyrrole nitrogens is 1. The zero-order valence-corrected chi connectivity index (χ0v) is 13.3. The van der Waals surface area contributed by atoms with Crippen LogP contribution in [0.3, 0.4) is 0 Å². The summed E-state index contributed by atoms with van der Waals surface area (Å²) in [6.45, 7) is 3.61. The minimum Gasteiger partial charge on any atom is -0.387 e. The monoisotopic (exact) mass is 319 g/mol. The van der Waals surface area contributed by atoms with E-state index in [1.807, 2.05) is 17.8 Å². The number of imidazole rings is 1. The van der Waals surface area contributed by atoms with Gasteiger partial charge in [0.05, 0.1) is 23.7 Å². The standard InChI is InChI=1S/C15H21N5O3/c1-15(23)9-19(8-11-7-16-10-18(11)2)5-3-12(15)20-6-4-13(21)17-14(20)22/h4,6-7,10,12,23H,3,5,8-9H2,1-2H3,(H,17,21,22)/t12-,15-/m1/s1. The van der Waals surface area contributed by atoms with Crippen LogP contribution in [0.15, 0.2) is 34.4 Å². The molecule has 2 atom stereocenters. The highest BCUT2D eigenvalue weighted by Crippen LogP contribution is 2.31. The van der Waals surface area contributed by atoms with Crippen molar-refractivity contribution < 1.29 is 5.11 Å². The van der Waals surface area contributed by atoms with E-state index in [-0.39, 0.29) is 6.04 Å². The van der Waals surface area contributed by atoms with Crippen molar-refractivity contribution in [2.24, 2.45) is 7.05 Å². The lowest BCUT2D eigenvalue weighted by molar-refractivity contribution is -0.0607. The van der Waals surface area contributed by atoms with Gasteiger partial charge in [-0.3, -0.25) is 19.2 Å². The van der Waals surface area contributed by atoms with Crippen molar-refractivity contribution in [3.8, 4) is 0 Å². The van der Waals surface area contributed by atoms with E-state index >= 15 is 0 Å². The number of β-amino-alcohol motifs (C(OH)–C–C–N with tert-alkyl or cyclic N) is 1. The van der Waals surface area contributed by atoms with E-state index in [0.717, 1.165) is 12.2 Å². The van der Waals surface area contributed by atoms with Crippen molar-refractivity contribution in [1.29, 1.82) is 0 Å². The van der Waals surface area contributed by atoms with E-state index in [2.05, 4.69) is 14.9 Å². The molecule has 8 nitrogen and oxygen atoms in total. The summed E-state index contributed by atoms with van der Waals surface area (Å²) in [5.74, 6) is 0. The molecule has 0 spiro atoms. The number of aromatic amines is 1. The molecule has 0 aromatic carbocycles. The number of aliphatic hydroxyl groups is 1. The van der Waals surface area contributed by atoms with Gasteiger partial charge in [-0.15, -0.1) is 0 Å². The molecule has 3 heterocycles. The van der Waals surface area contributed by atoms with E-state index in [1.165, 1.54) is 16.8 Å². The molecule has 0 bridgehead atoms. The first kappa shape index (κ1) is 15.7. The van der Waals surface area contributed by atoms with Crippen molar-refractivity contribution >= 4 is 0 Å². The van der Waals surface area contributed by atoms with Gasteiger partial charge in [-0.1, -0.05) is 0 Å². The quantitative estimate of drug-likeness (QED) is 0.793. The van der Waals surface area contributed by atoms with Gasteiger partial charge in [0.15, 0.2) is 0 Å². The molecule has 8 heteroatoms. The van der Waals surface area contributed by atoms with Crippen LogP contribution in [0.25, 0.3) is 0 Å². The molecule has 2 N–H and O–H groups in total. The number of aryl methyl sites for hydroxylation is 1. The average Bonchev–Trinajstić information content (AvgIpc) is 2.85. The Kier molecular flexibility index (Phi) is 3.95. The van der Waals surface area contributed by atoms with Gasteiger partial charge in [0.25, 0.3) is 5.56 Å². The minimum absolute atomic E-state index is 0.366. The van der Waals surface area contributed by atoms with Crippen LogP contribution in [-0.2, 0) is 13.6 Å². The highest BCUT2D eigenvalue weighted by atomic mass is 16.3. The Morgan fingerprint density at radius 2 is 2.26 bits per heavy atom. The third-order valence-electron chi connectivity index (χ3n) is 4.47. The smallest absolute Gasteiger partial charge is 0.328 e. The molecule has 0 unspecified atom stereocenters. The molecule has 2 aromatic heterocycles. The zero-order chi connectivity index (χ0) is 16.6. The predicted octanol–water partition coefficient (Wildman–Crippen LogP) is -0.532. The first-order valence-corrected chi connectivity index (χ1v) is 7.58. The minimum atomic E-state index is -1.07. The maximum absolute atomic E-state index is 12.0. The molecule has 2 aromatic rings. The molecule has 3 rings (SSSR count). The fraction of sp³-hybridized carbons (Fsp3) is 0.533. The maximum Gasteiger partial charge on any atom is 0.328 e. The van der Waals surface area contributed by atoms with Gasteiger partial charge in [-0.05, 0) is 13.3 Å². The molecule has 0 aliphatic carbocycles. The molecule has 1 saturated heterocycles. The predicted molar refractivity (Wildman–Crippen MR) is 84.1 cm³/mol. The van der Waals surface area contributed by atoms with E-state index < -0.39 is 16.9 Å². The third-order valence-corrected chi connectivity index (χ3v) is 4.47. The summed E-state index contributed by atoms with van der Waals surface area (Å²) in [4.78, 5) is 31.7. The summed E-state index contributed by atoms with van der Waals surface area (Å²) in [7, 11) is 1.94.